The van der Waals surface area contributed by atoms with Crippen LogP contribution in [0.5, 0.6) is 0 Å². The molecule has 154 valence electrons. The van der Waals surface area contributed by atoms with Gasteiger partial charge in [0.25, 0.3) is 5.91 Å². The lowest BCUT2D eigenvalue weighted by Crippen LogP contribution is -2.13. The smallest absolute Gasteiger partial charge is 0.276 e. The molecule has 1 amide bonds. The summed E-state index contributed by atoms with van der Waals surface area (Å²) in [6.45, 7) is 3.69. The average molecular weight is 417 g/mol. The first-order chi connectivity index (χ1) is 15.0. The number of carbonyl (C=O) groups excluding carboxylic acids is 1. The molecule has 5 rings (SSSR count). The van der Waals surface area contributed by atoms with Gasteiger partial charge in [-0.2, -0.15) is 10.3 Å². The predicted molar refractivity (Wildman–Crippen MR) is 111 cm³/mol. The van der Waals surface area contributed by atoms with Crippen LogP contribution in [-0.4, -0.2) is 46.7 Å². The number of benzene rings is 1. The second-order valence-corrected chi connectivity index (χ2v) is 7.05. The molecule has 0 aliphatic carbocycles. The lowest BCUT2D eigenvalue weighted by molar-refractivity contribution is 0.102. The summed E-state index contributed by atoms with van der Waals surface area (Å²) in [5, 5.41) is 23.9. The highest BCUT2D eigenvalue weighted by Crippen LogP contribution is 2.29. The van der Waals surface area contributed by atoms with Crippen LogP contribution in [0.25, 0.3) is 33.7 Å². The van der Waals surface area contributed by atoms with Gasteiger partial charge < -0.3 is 10.3 Å². The maximum Gasteiger partial charge on any atom is 0.276 e. The molecule has 0 radical (unpaired) electrons. The van der Waals surface area contributed by atoms with Crippen molar-refractivity contribution in [3.8, 4) is 22.6 Å². The highest BCUT2D eigenvalue weighted by atomic mass is 19.1. The number of hydrogen-bond donors (Lipinski definition) is 4. The molecule has 11 heteroatoms. The number of hydrogen-bond acceptors (Lipinski definition) is 6. The van der Waals surface area contributed by atoms with Crippen LogP contribution >= 0.6 is 0 Å². The van der Waals surface area contributed by atoms with E-state index in [1.807, 2.05) is 19.9 Å². The zero-order valence-corrected chi connectivity index (χ0v) is 16.5. The Morgan fingerprint density at radius 1 is 1.13 bits per heavy atom. The van der Waals surface area contributed by atoms with Crippen LogP contribution in [-0.2, 0) is 0 Å². The Bertz CT molecular complexity index is 1420. The van der Waals surface area contributed by atoms with Crippen molar-refractivity contribution in [3.63, 3.8) is 0 Å². The Hall–Kier alpha value is -4.41. The van der Waals surface area contributed by atoms with Gasteiger partial charge in [0.2, 0.25) is 5.82 Å². The molecule has 5 aromatic rings. The van der Waals surface area contributed by atoms with Crippen LogP contribution in [0.2, 0.25) is 0 Å². The molecule has 0 unspecified atom stereocenters. The highest BCUT2D eigenvalue weighted by Gasteiger charge is 2.16. The fraction of sp³-hybridized carbons (Fsp3) is 0.100. The van der Waals surface area contributed by atoms with Crippen molar-refractivity contribution in [1.82, 2.24) is 40.8 Å². The van der Waals surface area contributed by atoms with Gasteiger partial charge in [0, 0.05) is 22.3 Å². The zero-order valence-electron chi connectivity index (χ0n) is 16.5. The van der Waals surface area contributed by atoms with E-state index in [0.717, 1.165) is 27.9 Å². The second-order valence-electron chi connectivity index (χ2n) is 7.05. The first-order valence-corrected chi connectivity index (χ1v) is 9.35. The Balaban J connectivity index is 1.46. The van der Waals surface area contributed by atoms with E-state index in [1.54, 1.807) is 24.4 Å². The molecule has 0 aliphatic rings. The van der Waals surface area contributed by atoms with Crippen molar-refractivity contribution in [2.75, 3.05) is 5.32 Å². The minimum Gasteiger partial charge on any atom is -0.339 e. The first-order valence-electron chi connectivity index (χ1n) is 9.35. The molecule has 0 saturated carbocycles. The van der Waals surface area contributed by atoms with Crippen molar-refractivity contribution in [3.05, 3.63) is 59.3 Å². The van der Waals surface area contributed by atoms with E-state index in [-0.39, 0.29) is 17.3 Å². The van der Waals surface area contributed by atoms with Crippen LogP contribution in [0.1, 0.15) is 21.7 Å². The summed E-state index contributed by atoms with van der Waals surface area (Å²) < 4.78 is 14.2. The van der Waals surface area contributed by atoms with Gasteiger partial charge >= 0.3 is 0 Å². The summed E-state index contributed by atoms with van der Waals surface area (Å²) in [6.07, 6.45) is 1.56. The number of nitrogens with one attached hydrogen (secondary N) is 4. The number of aromatic nitrogens is 8. The Morgan fingerprint density at radius 2 is 2.00 bits per heavy atom. The molecule has 10 nitrogen and oxygen atoms in total. The summed E-state index contributed by atoms with van der Waals surface area (Å²) in [6, 6.07) is 8.30. The minimum absolute atomic E-state index is 0.169. The number of rotatable bonds is 4. The predicted octanol–water partition coefficient (Wildman–Crippen LogP) is 3.14. The standard InChI is InChI=1S/C20H16FN9O/c1-9-10(2)25-26-17(9)20(31)23-13-5-12-7-16(24-18(12)22-8-13)11-3-4-15(21)14(6-11)19-27-29-30-28-19/h3-8H,1-2H3,(H,22,24)(H,23,31)(H,25,26)(H,27,28,29,30). The average Bonchev–Trinajstić information content (AvgIpc) is 3.49. The third-order valence-electron chi connectivity index (χ3n) is 5.06. The number of amides is 1. The molecule has 4 aromatic heterocycles. The largest absolute Gasteiger partial charge is 0.339 e. The molecule has 1 aromatic carbocycles. The summed E-state index contributed by atoms with van der Waals surface area (Å²) >= 11 is 0. The van der Waals surface area contributed by atoms with E-state index < -0.39 is 5.82 Å². The monoisotopic (exact) mass is 417 g/mol. The fourth-order valence-corrected chi connectivity index (χ4v) is 3.28. The number of pyridine rings is 1. The van der Waals surface area contributed by atoms with Crippen molar-refractivity contribution >= 4 is 22.6 Å². The number of tetrazole rings is 1. The Morgan fingerprint density at radius 3 is 2.74 bits per heavy atom. The maximum atomic E-state index is 14.2. The van der Waals surface area contributed by atoms with Crippen molar-refractivity contribution in [2.24, 2.45) is 0 Å². The first kappa shape index (κ1) is 18.6. The SMILES string of the molecule is Cc1[nH]nc(C(=O)Nc2cnc3[nH]c(-c4ccc(F)c(-c5nn[nH]n5)c4)cc3c2)c1C. The number of nitrogens with zero attached hydrogens (tertiary/aromatic N) is 5. The number of carbonyl (C=O) groups is 1. The van der Waals surface area contributed by atoms with E-state index in [1.165, 1.54) is 6.07 Å². The van der Waals surface area contributed by atoms with Gasteiger partial charge in [0.15, 0.2) is 5.69 Å². The molecule has 0 saturated heterocycles. The highest BCUT2D eigenvalue weighted by molar-refractivity contribution is 6.04. The van der Waals surface area contributed by atoms with Crippen molar-refractivity contribution < 1.29 is 9.18 Å². The molecule has 0 spiro atoms. The van der Waals surface area contributed by atoms with Gasteiger partial charge in [0.1, 0.15) is 11.5 Å². The zero-order chi connectivity index (χ0) is 21.5. The molecule has 0 bridgehead atoms. The Kier molecular flexibility index (Phi) is 4.28. The molecule has 0 fully saturated rings. The maximum absolute atomic E-state index is 14.2. The number of halogens is 1. The summed E-state index contributed by atoms with van der Waals surface area (Å²) in [7, 11) is 0. The number of anilines is 1. The van der Waals surface area contributed by atoms with Crippen molar-refractivity contribution in [1.29, 1.82) is 0 Å². The van der Waals surface area contributed by atoms with E-state index in [0.29, 0.717) is 17.0 Å². The lowest BCUT2D eigenvalue weighted by Gasteiger charge is -2.03. The number of aromatic amines is 3. The quantitative estimate of drug-likeness (QED) is 0.354. The summed E-state index contributed by atoms with van der Waals surface area (Å²) in [5.74, 6) is -0.599. The molecule has 31 heavy (non-hydrogen) atoms. The number of aryl methyl sites for hydroxylation is 1. The third-order valence-corrected chi connectivity index (χ3v) is 5.06. The normalized spacial score (nSPS) is 11.2. The van der Waals surface area contributed by atoms with Gasteiger partial charge in [-0.05, 0) is 55.0 Å². The van der Waals surface area contributed by atoms with Crippen LogP contribution in [0.3, 0.4) is 0 Å². The van der Waals surface area contributed by atoms with E-state index >= 15 is 0 Å². The van der Waals surface area contributed by atoms with Crippen LogP contribution in [0, 0.1) is 19.7 Å². The molecule has 0 aliphatic heterocycles. The van der Waals surface area contributed by atoms with Crippen molar-refractivity contribution in [2.45, 2.75) is 13.8 Å². The molecular formula is C20H16FN9O. The fourth-order valence-electron chi connectivity index (χ4n) is 3.28. The summed E-state index contributed by atoms with van der Waals surface area (Å²) in [4.78, 5) is 20.1. The van der Waals surface area contributed by atoms with Gasteiger partial charge in [0.05, 0.1) is 17.4 Å². The molecular weight excluding hydrogens is 401 g/mol. The Labute approximate surface area is 174 Å². The van der Waals surface area contributed by atoms with Gasteiger partial charge in [-0.15, -0.1) is 10.2 Å². The third kappa shape index (κ3) is 3.31. The van der Waals surface area contributed by atoms with Crippen LogP contribution < -0.4 is 5.32 Å². The van der Waals surface area contributed by atoms with E-state index in [4.69, 9.17) is 0 Å². The topological polar surface area (TPSA) is 141 Å². The number of fused-ring (bicyclic) bond motifs is 1. The van der Waals surface area contributed by atoms with E-state index in [2.05, 4.69) is 46.1 Å². The van der Waals surface area contributed by atoms with Crippen LogP contribution in [0.15, 0.2) is 36.5 Å². The van der Waals surface area contributed by atoms with Crippen LogP contribution in [0.4, 0.5) is 10.1 Å². The van der Waals surface area contributed by atoms with Gasteiger partial charge in [-0.3, -0.25) is 9.89 Å². The van der Waals surface area contributed by atoms with Gasteiger partial charge in [-0.25, -0.2) is 9.37 Å². The molecule has 4 heterocycles. The summed E-state index contributed by atoms with van der Waals surface area (Å²) in [5.41, 5.74) is 4.84. The molecule has 4 N–H and O–H groups in total. The lowest BCUT2D eigenvalue weighted by atomic mass is 10.1. The van der Waals surface area contributed by atoms with Gasteiger partial charge in [-0.1, -0.05) is 0 Å². The molecule has 0 atom stereocenters. The number of H-pyrrole nitrogens is 3. The van der Waals surface area contributed by atoms with E-state index in [9.17, 15) is 9.18 Å². The second kappa shape index (κ2) is 7.13. The minimum atomic E-state index is -0.451.